The molecule has 0 fully saturated rings. The molecule has 2 N–H and O–H groups in total. The van der Waals surface area contributed by atoms with Crippen LogP contribution in [0, 0.1) is 0 Å². The summed E-state index contributed by atoms with van der Waals surface area (Å²) >= 11 is 24.1. The predicted molar refractivity (Wildman–Crippen MR) is 84.5 cm³/mol. The number of carbonyl (C=O) groups is 1. The van der Waals surface area contributed by atoms with E-state index in [-0.39, 0.29) is 10.6 Å². The van der Waals surface area contributed by atoms with Crippen molar-refractivity contribution in [2.75, 3.05) is 0 Å². The van der Waals surface area contributed by atoms with Crippen LogP contribution in [-0.2, 0) is 4.79 Å². The minimum Gasteiger partial charge on any atom is -0.479 e. The van der Waals surface area contributed by atoms with Crippen molar-refractivity contribution < 1.29 is 15.0 Å². The fourth-order valence-electron chi connectivity index (χ4n) is 1.82. The third-order valence-corrected chi connectivity index (χ3v) is 4.18. The van der Waals surface area contributed by atoms with Gasteiger partial charge in [-0.1, -0.05) is 58.5 Å². The smallest absolute Gasteiger partial charge is 0.337 e. The summed E-state index contributed by atoms with van der Waals surface area (Å²) in [5, 5.41) is 19.4. The summed E-state index contributed by atoms with van der Waals surface area (Å²) in [6.45, 7) is 0. The molecule has 0 amide bonds. The van der Waals surface area contributed by atoms with Crippen molar-refractivity contribution in [1.82, 2.24) is 0 Å². The average Bonchev–Trinajstić information content (AvgIpc) is 2.41. The zero-order chi connectivity index (χ0) is 15.7. The summed E-state index contributed by atoms with van der Waals surface area (Å²) in [6, 6.07) is 7.63. The third-order valence-electron chi connectivity index (χ3n) is 2.83. The van der Waals surface area contributed by atoms with Crippen LogP contribution in [0.25, 0.3) is 11.1 Å². The van der Waals surface area contributed by atoms with Crippen molar-refractivity contribution in [3.8, 4) is 11.1 Å². The lowest BCUT2D eigenvalue weighted by molar-refractivity contribution is -0.146. The standard InChI is InChI=1S/C14H8Cl4O3/c15-7-4-9(12(18)11(17)5-7)6-1-2-8(10(16)3-6)13(19)14(20)21/h1-5,13,19H,(H,20,21). The van der Waals surface area contributed by atoms with Crippen LogP contribution >= 0.6 is 46.4 Å². The van der Waals surface area contributed by atoms with Crippen LogP contribution in [-0.4, -0.2) is 16.2 Å². The van der Waals surface area contributed by atoms with Gasteiger partial charge in [-0.2, -0.15) is 0 Å². The molecule has 0 saturated carbocycles. The number of hydrogen-bond acceptors (Lipinski definition) is 2. The molecule has 110 valence electrons. The molecule has 1 atom stereocenters. The van der Waals surface area contributed by atoms with Crippen LogP contribution < -0.4 is 0 Å². The molecule has 21 heavy (non-hydrogen) atoms. The van der Waals surface area contributed by atoms with E-state index in [4.69, 9.17) is 51.5 Å². The Morgan fingerprint density at radius 1 is 1.00 bits per heavy atom. The first kappa shape index (κ1) is 16.4. The van der Waals surface area contributed by atoms with Crippen molar-refractivity contribution in [1.29, 1.82) is 0 Å². The van der Waals surface area contributed by atoms with E-state index in [1.54, 1.807) is 12.1 Å². The molecular formula is C14H8Cl4O3. The highest BCUT2D eigenvalue weighted by molar-refractivity contribution is 6.45. The molecule has 0 heterocycles. The zero-order valence-electron chi connectivity index (χ0n) is 10.3. The molecule has 0 radical (unpaired) electrons. The lowest BCUT2D eigenvalue weighted by Gasteiger charge is -2.12. The number of halogens is 4. The summed E-state index contributed by atoms with van der Waals surface area (Å²) in [7, 11) is 0. The van der Waals surface area contributed by atoms with Gasteiger partial charge >= 0.3 is 5.97 Å². The molecule has 0 aliphatic carbocycles. The lowest BCUT2D eigenvalue weighted by atomic mass is 10.0. The minimum atomic E-state index is -1.69. The number of aliphatic hydroxyl groups is 1. The van der Waals surface area contributed by atoms with Gasteiger partial charge in [-0.3, -0.25) is 0 Å². The maximum atomic E-state index is 10.8. The lowest BCUT2D eigenvalue weighted by Crippen LogP contribution is -2.10. The van der Waals surface area contributed by atoms with Gasteiger partial charge in [-0.15, -0.1) is 0 Å². The van der Waals surface area contributed by atoms with E-state index in [9.17, 15) is 9.90 Å². The summed E-state index contributed by atoms with van der Waals surface area (Å²) in [6.07, 6.45) is -1.69. The van der Waals surface area contributed by atoms with Crippen LogP contribution in [0.5, 0.6) is 0 Å². The predicted octanol–water partition coefficient (Wildman–Crippen LogP) is 5.09. The van der Waals surface area contributed by atoms with Crippen molar-refractivity contribution in [2.45, 2.75) is 6.10 Å². The normalized spacial score (nSPS) is 12.2. The third kappa shape index (κ3) is 3.44. The second-order valence-electron chi connectivity index (χ2n) is 4.23. The number of carboxylic acids is 1. The van der Waals surface area contributed by atoms with Crippen LogP contribution in [0.15, 0.2) is 30.3 Å². The van der Waals surface area contributed by atoms with Crippen LogP contribution in [0.2, 0.25) is 20.1 Å². The summed E-state index contributed by atoms with van der Waals surface area (Å²) in [5.74, 6) is -1.38. The number of carboxylic acid groups (broad SMARTS) is 1. The van der Waals surface area contributed by atoms with E-state index < -0.39 is 12.1 Å². The monoisotopic (exact) mass is 364 g/mol. The maximum Gasteiger partial charge on any atom is 0.337 e. The Labute approximate surface area is 140 Å². The summed E-state index contributed by atoms with van der Waals surface area (Å²) in [4.78, 5) is 10.8. The highest BCUT2D eigenvalue weighted by Crippen LogP contribution is 2.38. The number of rotatable bonds is 3. The summed E-state index contributed by atoms with van der Waals surface area (Å²) < 4.78 is 0. The Kier molecular flexibility index (Phi) is 5.02. The SMILES string of the molecule is O=C(O)C(O)c1ccc(-c2cc(Cl)cc(Cl)c2Cl)cc1Cl. The van der Waals surface area contributed by atoms with E-state index >= 15 is 0 Å². The van der Waals surface area contributed by atoms with Gasteiger partial charge in [0.2, 0.25) is 0 Å². The largest absolute Gasteiger partial charge is 0.479 e. The summed E-state index contributed by atoms with van der Waals surface area (Å²) in [5.41, 5.74) is 1.26. The Balaban J connectivity index is 2.53. The van der Waals surface area contributed by atoms with E-state index in [2.05, 4.69) is 0 Å². The molecule has 2 aromatic rings. The second kappa shape index (κ2) is 6.42. The first-order valence-electron chi connectivity index (χ1n) is 5.66. The Morgan fingerprint density at radius 3 is 2.24 bits per heavy atom. The molecule has 2 aromatic carbocycles. The van der Waals surface area contributed by atoms with E-state index in [0.29, 0.717) is 26.2 Å². The van der Waals surface area contributed by atoms with E-state index in [1.807, 2.05) is 0 Å². The molecule has 0 aromatic heterocycles. The van der Waals surface area contributed by atoms with Crippen molar-refractivity contribution in [3.05, 3.63) is 56.0 Å². The first-order chi connectivity index (χ1) is 9.81. The van der Waals surface area contributed by atoms with Gasteiger partial charge in [0, 0.05) is 21.2 Å². The van der Waals surface area contributed by atoms with Gasteiger partial charge in [0.1, 0.15) is 0 Å². The Hall–Kier alpha value is -0.970. The van der Waals surface area contributed by atoms with E-state index in [0.717, 1.165) is 0 Å². The molecule has 1 unspecified atom stereocenters. The number of benzene rings is 2. The van der Waals surface area contributed by atoms with E-state index in [1.165, 1.54) is 18.2 Å². The second-order valence-corrected chi connectivity index (χ2v) is 5.86. The van der Waals surface area contributed by atoms with Gasteiger partial charge in [-0.25, -0.2) is 4.79 Å². The molecule has 3 nitrogen and oxygen atoms in total. The van der Waals surface area contributed by atoms with Crippen LogP contribution in [0.3, 0.4) is 0 Å². The highest BCUT2D eigenvalue weighted by atomic mass is 35.5. The van der Waals surface area contributed by atoms with Gasteiger partial charge in [0.25, 0.3) is 0 Å². The Morgan fingerprint density at radius 2 is 1.67 bits per heavy atom. The van der Waals surface area contributed by atoms with Crippen molar-refractivity contribution >= 4 is 52.4 Å². The quantitative estimate of drug-likeness (QED) is 0.745. The van der Waals surface area contributed by atoms with Crippen molar-refractivity contribution in [2.24, 2.45) is 0 Å². The number of aliphatic hydroxyl groups excluding tert-OH is 1. The molecule has 0 bridgehead atoms. The van der Waals surface area contributed by atoms with Gasteiger partial charge in [0.05, 0.1) is 10.0 Å². The maximum absolute atomic E-state index is 10.8. The van der Waals surface area contributed by atoms with Crippen LogP contribution in [0.1, 0.15) is 11.7 Å². The molecule has 0 saturated heterocycles. The number of hydrogen-bond donors (Lipinski definition) is 2. The topological polar surface area (TPSA) is 57.5 Å². The average molecular weight is 366 g/mol. The van der Waals surface area contributed by atoms with Crippen LogP contribution in [0.4, 0.5) is 0 Å². The number of aliphatic carboxylic acids is 1. The molecule has 2 rings (SSSR count). The van der Waals surface area contributed by atoms with Gasteiger partial charge in [-0.05, 0) is 23.8 Å². The van der Waals surface area contributed by atoms with Gasteiger partial charge in [0.15, 0.2) is 6.10 Å². The fraction of sp³-hybridized carbons (Fsp3) is 0.0714. The first-order valence-corrected chi connectivity index (χ1v) is 7.17. The Bertz CT molecular complexity index is 716. The molecule has 7 heteroatoms. The molecular weight excluding hydrogens is 358 g/mol. The zero-order valence-corrected chi connectivity index (χ0v) is 13.3. The highest BCUT2D eigenvalue weighted by Gasteiger charge is 2.20. The molecule has 0 aliphatic rings. The minimum absolute atomic E-state index is 0.0946. The van der Waals surface area contributed by atoms with Gasteiger partial charge < -0.3 is 10.2 Å². The van der Waals surface area contributed by atoms with Crippen molar-refractivity contribution in [3.63, 3.8) is 0 Å². The fourth-order valence-corrected chi connectivity index (χ4v) is 2.81. The molecule has 0 spiro atoms. The molecule has 0 aliphatic heterocycles.